The van der Waals surface area contributed by atoms with Gasteiger partial charge in [0, 0.05) is 17.1 Å². The zero-order valence-corrected chi connectivity index (χ0v) is 13.9. The van der Waals surface area contributed by atoms with Crippen molar-refractivity contribution in [3.05, 3.63) is 57.6 Å². The molecule has 0 spiro atoms. The third kappa shape index (κ3) is 3.30. The molecule has 2 N–H and O–H groups in total. The van der Waals surface area contributed by atoms with Crippen molar-refractivity contribution in [2.45, 2.75) is 46.6 Å². The molecule has 0 atom stereocenters. The Kier molecular flexibility index (Phi) is 5.44. The second-order valence-electron chi connectivity index (χ2n) is 5.37. The van der Waals surface area contributed by atoms with E-state index >= 15 is 0 Å². The van der Waals surface area contributed by atoms with E-state index in [1.807, 2.05) is 6.07 Å². The van der Waals surface area contributed by atoms with Crippen LogP contribution in [-0.4, -0.2) is 0 Å². The molecule has 0 aromatic heterocycles. The Morgan fingerprint density at radius 2 is 1.48 bits per heavy atom. The first kappa shape index (κ1) is 16.1. The van der Waals surface area contributed by atoms with E-state index in [9.17, 15) is 0 Å². The number of hydrogen-bond donors (Lipinski definition) is 1. The van der Waals surface area contributed by atoms with Gasteiger partial charge in [-0.3, -0.25) is 0 Å². The Balaban J connectivity index is 2.67. The van der Waals surface area contributed by atoms with Gasteiger partial charge in [-0.05, 0) is 53.1 Å². The van der Waals surface area contributed by atoms with Gasteiger partial charge < -0.3 is 5.73 Å². The minimum Gasteiger partial charge on any atom is -0.326 e. The van der Waals surface area contributed by atoms with Crippen LogP contribution in [0.3, 0.4) is 0 Å². The van der Waals surface area contributed by atoms with Crippen LogP contribution in [0.4, 0.5) is 0 Å². The fraction of sp³-hybridized carbons (Fsp3) is 0.368. The molecule has 0 radical (unpaired) electrons. The third-order valence-electron chi connectivity index (χ3n) is 4.07. The van der Waals surface area contributed by atoms with Crippen LogP contribution in [0.15, 0.2) is 30.3 Å². The average molecular weight is 302 g/mol. The van der Waals surface area contributed by atoms with Crippen LogP contribution in [0.2, 0.25) is 5.02 Å². The minimum absolute atomic E-state index is 0.524. The van der Waals surface area contributed by atoms with E-state index in [-0.39, 0.29) is 0 Å². The van der Waals surface area contributed by atoms with Crippen molar-refractivity contribution in [3.63, 3.8) is 0 Å². The van der Waals surface area contributed by atoms with Gasteiger partial charge >= 0.3 is 0 Å². The van der Waals surface area contributed by atoms with E-state index in [2.05, 4.69) is 45.0 Å². The van der Waals surface area contributed by atoms with Gasteiger partial charge in [0.05, 0.1) is 0 Å². The molecule has 0 aliphatic carbocycles. The molecule has 0 bridgehead atoms. The molecule has 0 saturated carbocycles. The van der Waals surface area contributed by atoms with Crippen LogP contribution in [0.25, 0.3) is 11.1 Å². The lowest BCUT2D eigenvalue weighted by Crippen LogP contribution is -2.00. The Bertz CT molecular complexity index is 606. The average Bonchev–Trinajstić information content (AvgIpc) is 2.53. The van der Waals surface area contributed by atoms with Crippen molar-refractivity contribution < 1.29 is 0 Å². The molecule has 0 fully saturated rings. The molecule has 1 nitrogen and oxygen atoms in total. The summed E-state index contributed by atoms with van der Waals surface area (Å²) in [7, 11) is 0. The Labute approximate surface area is 133 Å². The predicted octanol–water partition coefficient (Wildman–Crippen LogP) is 5.15. The summed E-state index contributed by atoms with van der Waals surface area (Å²) < 4.78 is 0. The number of nitrogens with two attached hydrogens (primary N) is 1. The van der Waals surface area contributed by atoms with Gasteiger partial charge in [0.15, 0.2) is 0 Å². The van der Waals surface area contributed by atoms with Crippen molar-refractivity contribution in [2.75, 3.05) is 0 Å². The quantitative estimate of drug-likeness (QED) is 0.811. The van der Waals surface area contributed by atoms with E-state index in [1.165, 1.54) is 22.3 Å². The lowest BCUT2D eigenvalue weighted by molar-refractivity contribution is 1.04. The summed E-state index contributed by atoms with van der Waals surface area (Å²) in [6.45, 7) is 7.15. The van der Waals surface area contributed by atoms with Gasteiger partial charge in [-0.15, -0.1) is 0 Å². The number of benzene rings is 2. The molecule has 0 aliphatic rings. The summed E-state index contributed by atoms with van der Waals surface area (Å²) in [4.78, 5) is 0. The predicted molar refractivity (Wildman–Crippen MR) is 92.9 cm³/mol. The molecule has 112 valence electrons. The number of hydrogen-bond acceptors (Lipinski definition) is 1. The molecule has 2 rings (SSSR count). The first-order valence-corrected chi connectivity index (χ1v) is 8.15. The van der Waals surface area contributed by atoms with E-state index < -0.39 is 0 Å². The molecule has 0 heterocycles. The highest BCUT2D eigenvalue weighted by Gasteiger charge is 2.13. The molecular weight excluding hydrogens is 278 g/mol. The Morgan fingerprint density at radius 1 is 0.857 bits per heavy atom. The SMILES string of the molecule is CCc1cc(CC)c(-c2ccc(CN)cc2Cl)c(CC)c1. The van der Waals surface area contributed by atoms with Gasteiger partial charge in [-0.25, -0.2) is 0 Å². The summed E-state index contributed by atoms with van der Waals surface area (Å²) in [5.41, 5.74) is 13.4. The van der Waals surface area contributed by atoms with Crippen molar-refractivity contribution >= 4 is 11.6 Å². The largest absolute Gasteiger partial charge is 0.326 e. The van der Waals surface area contributed by atoms with Crippen LogP contribution in [0.1, 0.15) is 43.0 Å². The maximum atomic E-state index is 6.52. The fourth-order valence-electron chi connectivity index (χ4n) is 2.84. The number of halogens is 1. The third-order valence-corrected chi connectivity index (χ3v) is 4.38. The molecule has 0 saturated heterocycles. The first-order chi connectivity index (χ1) is 10.1. The molecule has 2 aromatic rings. The summed E-state index contributed by atoms with van der Waals surface area (Å²) in [6, 6.07) is 10.8. The molecule has 21 heavy (non-hydrogen) atoms. The zero-order valence-electron chi connectivity index (χ0n) is 13.2. The number of rotatable bonds is 5. The van der Waals surface area contributed by atoms with Crippen LogP contribution in [0, 0.1) is 0 Å². The number of aryl methyl sites for hydroxylation is 3. The topological polar surface area (TPSA) is 26.0 Å². The minimum atomic E-state index is 0.524. The van der Waals surface area contributed by atoms with Crippen LogP contribution in [-0.2, 0) is 25.8 Å². The van der Waals surface area contributed by atoms with Crippen LogP contribution >= 0.6 is 11.6 Å². The maximum Gasteiger partial charge on any atom is 0.0487 e. The van der Waals surface area contributed by atoms with E-state index in [1.54, 1.807) is 0 Å². The van der Waals surface area contributed by atoms with Crippen molar-refractivity contribution in [2.24, 2.45) is 5.73 Å². The molecule has 2 heteroatoms. The van der Waals surface area contributed by atoms with Crippen molar-refractivity contribution in [1.82, 2.24) is 0 Å². The smallest absolute Gasteiger partial charge is 0.0487 e. The van der Waals surface area contributed by atoms with E-state index in [0.29, 0.717) is 6.54 Å². The standard InChI is InChI=1S/C19H24ClN/c1-4-13-9-15(5-2)19(16(6-3)10-13)17-8-7-14(12-21)11-18(17)20/h7-11H,4-6,12,21H2,1-3H3. The normalized spacial score (nSPS) is 10.9. The van der Waals surface area contributed by atoms with Crippen molar-refractivity contribution in [1.29, 1.82) is 0 Å². The van der Waals surface area contributed by atoms with Gasteiger partial charge in [0.25, 0.3) is 0 Å². The molecule has 0 unspecified atom stereocenters. The van der Waals surface area contributed by atoms with Gasteiger partial charge in [-0.1, -0.05) is 56.6 Å². The lowest BCUT2D eigenvalue weighted by Gasteiger charge is -2.17. The first-order valence-electron chi connectivity index (χ1n) is 7.78. The summed E-state index contributed by atoms with van der Waals surface area (Å²) in [6.07, 6.45) is 3.11. The second-order valence-corrected chi connectivity index (χ2v) is 5.78. The molecule has 2 aromatic carbocycles. The summed E-state index contributed by atoms with van der Waals surface area (Å²) >= 11 is 6.52. The highest BCUT2D eigenvalue weighted by atomic mass is 35.5. The van der Waals surface area contributed by atoms with Crippen LogP contribution < -0.4 is 5.73 Å². The van der Waals surface area contributed by atoms with Gasteiger partial charge in [0.2, 0.25) is 0 Å². The molecule has 0 aliphatic heterocycles. The van der Waals surface area contributed by atoms with Gasteiger partial charge in [0.1, 0.15) is 0 Å². The summed E-state index contributed by atoms with van der Waals surface area (Å²) in [5, 5.41) is 0.798. The Morgan fingerprint density at radius 3 is 1.90 bits per heavy atom. The zero-order chi connectivity index (χ0) is 15.4. The highest BCUT2D eigenvalue weighted by molar-refractivity contribution is 6.33. The molecular formula is C19H24ClN. The fourth-order valence-corrected chi connectivity index (χ4v) is 3.13. The Hall–Kier alpha value is -1.31. The highest BCUT2D eigenvalue weighted by Crippen LogP contribution is 2.35. The second kappa shape index (κ2) is 7.11. The lowest BCUT2D eigenvalue weighted by atomic mass is 9.89. The summed E-state index contributed by atoms with van der Waals surface area (Å²) in [5.74, 6) is 0. The van der Waals surface area contributed by atoms with Gasteiger partial charge in [-0.2, -0.15) is 0 Å². The maximum absolute atomic E-state index is 6.52. The van der Waals surface area contributed by atoms with Crippen LogP contribution in [0.5, 0.6) is 0 Å². The molecule has 0 amide bonds. The monoisotopic (exact) mass is 301 g/mol. The van der Waals surface area contributed by atoms with Crippen molar-refractivity contribution in [3.8, 4) is 11.1 Å². The van der Waals surface area contributed by atoms with E-state index in [0.717, 1.165) is 35.4 Å². The van der Waals surface area contributed by atoms with E-state index in [4.69, 9.17) is 17.3 Å².